The van der Waals surface area contributed by atoms with Crippen LogP contribution in [0.5, 0.6) is 0 Å². The molecular weight excluding hydrogens is 664 g/mol. The number of hydrogen-bond acceptors (Lipinski definition) is 14. The Labute approximate surface area is 305 Å². The fourth-order valence-electron chi connectivity index (χ4n) is 8.53. The number of likely N-dealkylation sites (N-methyl/N-ethyl adjacent to an activating group) is 2. The number of ether oxygens (including phenoxy) is 6. The molecule has 3 aliphatic heterocycles. The highest BCUT2D eigenvalue weighted by Crippen LogP contribution is 2.40. The average molecular weight is 735 g/mol. The Kier molecular flexibility index (Phi) is 15.3. The van der Waals surface area contributed by atoms with Crippen LogP contribution in [0, 0.1) is 17.8 Å². The van der Waals surface area contributed by atoms with Gasteiger partial charge in [-0.05, 0) is 87.7 Å². The number of aliphatic hydroxyl groups is 5. The summed E-state index contributed by atoms with van der Waals surface area (Å²) in [5.74, 6) is -2.59. The van der Waals surface area contributed by atoms with E-state index in [1.807, 2.05) is 32.7 Å². The third kappa shape index (κ3) is 10.0. The Balaban J connectivity index is 2.16. The summed E-state index contributed by atoms with van der Waals surface area (Å²) < 4.78 is 37.3. The standard InChI is InChI=1S/C37H70N2O12/c1-14-26-37(10,45)30(41)23(6)39(12)18-19(2)16-35(8,44)32(51-34-28(40)25(38-11)15-20(3)47-34)21(4)29(22(5)33(43)49-26)50-27-17-36(9,46-13)31(42)24(7)48-27/h19-32,34,38,40-42,44-45H,14-18H2,1-13H3/t19-,20-,21+,22-,23-,24+,25+,26-,27+,28?,29+,30-,31+,32-,34+,35-,36-,37-/m1/s1. The van der Waals surface area contributed by atoms with E-state index in [1.165, 1.54) is 14.0 Å². The van der Waals surface area contributed by atoms with Crippen molar-refractivity contribution >= 4 is 5.97 Å². The quantitative estimate of drug-likeness (QED) is 0.207. The number of rotatable bonds is 7. The van der Waals surface area contributed by atoms with Gasteiger partial charge in [-0.15, -0.1) is 0 Å². The first-order chi connectivity index (χ1) is 23.5. The molecule has 0 aromatic rings. The first-order valence-electron chi connectivity index (χ1n) is 18.8. The molecule has 0 aromatic carbocycles. The highest BCUT2D eigenvalue weighted by molar-refractivity contribution is 5.73. The molecular formula is C37H70N2O12. The van der Waals surface area contributed by atoms with E-state index in [0.717, 1.165) is 0 Å². The zero-order chi connectivity index (χ0) is 38.8. The van der Waals surface area contributed by atoms with Crippen LogP contribution < -0.4 is 5.32 Å². The van der Waals surface area contributed by atoms with Crippen LogP contribution in [-0.4, -0.2) is 154 Å². The van der Waals surface area contributed by atoms with E-state index in [1.54, 1.807) is 48.6 Å². The number of carbonyl (C=O) groups is 1. The average Bonchev–Trinajstić information content (AvgIpc) is 3.05. The van der Waals surface area contributed by atoms with Crippen molar-refractivity contribution in [3.8, 4) is 0 Å². The van der Waals surface area contributed by atoms with Gasteiger partial charge in [0.1, 0.15) is 30.0 Å². The highest BCUT2D eigenvalue weighted by atomic mass is 16.7. The van der Waals surface area contributed by atoms with Gasteiger partial charge in [-0.1, -0.05) is 20.8 Å². The van der Waals surface area contributed by atoms with Gasteiger partial charge in [0.15, 0.2) is 12.6 Å². The van der Waals surface area contributed by atoms with E-state index >= 15 is 0 Å². The summed E-state index contributed by atoms with van der Waals surface area (Å²) in [6.07, 6.45) is -8.24. The van der Waals surface area contributed by atoms with Crippen LogP contribution in [0.25, 0.3) is 0 Å². The second kappa shape index (κ2) is 17.6. The molecule has 3 aliphatic rings. The second-order valence-electron chi connectivity index (χ2n) is 16.5. The zero-order valence-electron chi connectivity index (χ0n) is 33.2. The lowest BCUT2D eigenvalue weighted by atomic mass is 9.77. The van der Waals surface area contributed by atoms with Crippen molar-refractivity contribution in [2.45, 2.75) is 185 Å². The first kappa shape index (κ1) is 44.4. The normalized spacial score (nSPS) is 50.2. The first-order valence-corrected chi connectivity index (χ1v) is 18.8. The topological polar surface area (TPSA) is 189 Å². The number of cyclic esters (lactones) is 1. The number of aliphatic hydroxyl groups excluding tert-OH is 3. The van der Waals surface area contributed by atoms with Gasteiger partial charge in [-0.25, -0.2) is 0 Å². The van der Waals surface area contributed by atoms with Gasteiger partial charge in [0.25, 0.3) is 0 Å². The van der Waals surface area contributed by atoms with Crippen LogP contribution in [0.4, 0.5) is 0 Å². The summed E-state index contributed by atoms with van der Waals surface area (Å²) in [7, 11) is 5.10. The van der Waals surface area contributed by atoms with Crippen molar-refractivity contribution in [1.82, 2.24) is 10.2 Å². The predicted molar refractivity (Wildman–Crippen MR) is 190 cm³/mol. The highest BCUT2D eigenvalue weighted by Gasteiger charge is 2.52. The molecule has 0 saturated carbocycles. The maximum atomic E-state index is 14.2. The largest absolute Gasteiger partial charge is 0.459 e. The molecule has 0 spiro atoms. The molecule has 1 unspecified atom stereocenters. The Morgan fingerprint density at radius 2 is 1.59 bits per heavy atom. The van der Waals surface area contributed by atoms with E-state index < -0.39 is 96.0 Å². The number of carbonyl (C=O) groups excluding carboxylic acids is 1. The fourth-order valence-corrected chi connectivity index (χ4v) is 8.53. The van der Waals surface area contributed by atoms with Gasteiger partial charge in [0.2, 0.25) is 0 Å². The maximum absolute atomic E-state index is 14.2. The van der Waals surface area contributed by atoms with E-state index in [9.17, 15) is 30.3 Å². The second-order valence-corrected chi connectivity index (χ2v) is 16.5. The molecule has 0 radical (unpaired) electrons. The van der Waals surface area contributed by atoms with Gasteiger partial charge in [0.05, 0.1) is 41.5 Å². The van der Waals surface area contributed by atoms with Gasteiger partial charge >= 0.3 is 5.97 Å². The number of nitrogens with one attached hydrogen (secondary N) is 1. The monoisotopic (exact) mass is 734 g/mol. The molecule has 0 amide bonds. The van der Waals surface area contributed by atoms with E-state index in [0.29, 0.717) is 13.0 Å². The Morgan fingerprint density at radius 3 is 2.16 bits per heavy atom. The van der Waals surface area contributed by atoms with Crippen LogP contribution in [0.15, 0.2) is 0 Å². The van der Waals surface area contributed by atoms with Crippen LogP contribution in [0.2, 0.25) is 0 Å². The molecule has 3 rings (SSSR count). The number of esters is 1. The van der Waals surface area contributed by atoms with Crippen molar-refractivity contribution < 1.29 is 58.7 Å². The molecule has 14 nitrogen and oxygen atoms in total. The number of nitrogens with zero attached hydrogens (tertiary/aromatic N) is 1. The summed E-state index contributed by atoms with van der Waals surface area (Å²) in [4.78, 5) is 16.1. The minimum absolute atomic E-state index is 0.132. The third-order valence-electron chi connectivity index (χ3n) is 11.9. The fraction of sp³-hybridized carbons (Fsp3) is 0.973. The molecule has 3 heterocycles. The smallest absolute Gasteiger partial charge is 0.311 e. The van der Waals surface area contributed by atoms with Gasteiger partial charge in [0, 0.05) is 38.1 Å². The lowest BCUT2D eigenvalue weighted by Crippen LogP contribution is -2.60. The van der Waals surface area contributed by atoms with Crippen molar-refractivity contribution in [2.24, 2.45) is 17.8 Å². The molecule has 51 heavy (non-hydrogen) atoms. The van der Waals surface area contributed by atoms with Crippen LogP contribution in [0.3, 0.4) is 0 Å². The van der Waals surface area contributed by atoms with Gasteiger partial charge in [-0.3, -0.25) is 4.79 Å². The van der Waals surface area contributed by atoms with Crippen LogP contribution in [-0.2, 0) is 33.2 Å². The Morgan fingerprint density at radius 1 is 0.961 bits per heavy atom. The van der Waals surface area contributed by atoms with Crippen molar-refractivity contribution in [1.29, 1.82) is 0 Å². The molecule has 6 N–H and O–H groups in total. The summed E-state index contributed by atoms with van der Waals surface area (Å²) >= 11 is 0. The molecule has 0 aliphatic carbocycles. The molecule has 3 saturated heterocycles. The molecule has 18 atom stereocenters. The summed E-state index contributed by atoms with van der Waals surface area (Å²) in [6, 6.07) is -0.858. The van der Waals surface area contributed by atoms with Crippen molar-refractivity contribution in [3.63, 3.8) is 0 Å². The molecule has 14 heteroatoms. The number of hydrogen-bond donors (Lipinski definition) is 6. The zero-order valence-corrected chi connectivity index (χ0v) is 33.2. The van der Waals surface area contributed by atoms with Gasteiger partial charge in [-0.2, -0.15) is 0 Å². The molecule has 300 valence electrons. The summed E-state index contributed by atoms with van der Waals surface area (Å²) in [5, 5.41) is 61.0. The maximum Gasteiger partial charge on any atom is 0.311 e. The molecule has 3 fully saturated rings. The lowest BCUT2D eigenvalue weighted by Gasteiger charge is -2.48. The summed E-state index contributed by atoms with van der Waals surface area (Å²) in [6.45, 7) is 18.0. The third-order valence-corrected chi connectivity index (χ3v) is 11.9. The summed E-state index contributed by atoms with van der Waals surface area (Å²) in [5.41, 5.74) is -4.37. The Hall–Kier alpha value is -1.01. The van der Waals surface area contributed by atoms with Crippen molar-refractivity contribution in [2.75, 3.05) is 27.7 Å². The van der Waals surface area contributed by atoms with Gasteiger partial charge < -0.3 is 64.2 Å². The Bertz CT molecular complexity index is 1110. The SMILES string of the molecule is CC[C@H]1OC(=O)[C@H](C)[C@@H](O[C@H]2C[C@@](C)(OC)[C@@H](O)[C@H](C)O2)[C@H](C)[C@@H](O[C@@H]2O[C@H](C)C[C@H](NC)C2O)[C@](C)(O)C[C@@H](C)CN(C)[C@H](C)[C@@H](O)[C@]1(C)O. The molecule has 0 bridgehead atoms. The van der Waals surface area contributed by atoms with E-state index in [-0.39, 0.29) is 37.3 Å². The van der Waals surface area contributed by atoms with Crippen LogP contribution >= 0.6 is 0 Å². The predicted octanol–water partition coefficient (Wildman–Crippen LogP) is 1.56. The van der Waals surface area contributed by atoms with E-state index in [2.05, 4.69) is 5.32 Å². The minimum Gasteiger partial charge on any atom is -0.459 e. The van der Waals surface area contributed by atoms with E-state index in [4.69, 9.17) is 28.4 Å². The van der Waals surface area contributed by atoms with Crippen LogP contribution in [0.1, 0.15) is 94.9 Å². The van der Waals surface area contributed by atoms with Crippen molar-refractivity contribution in [3.05, 3.63) is 0 Å². The number of methoxy groups -OCH3 is 1. The lowest BCUT2D eigenvalue weighted by molar-refractivity contribution is -0.316. The molecule has 0 aromatic heterocycles. The minimum atomic E-state index is -1.80.